The predicted molar refractivity (Wildman–Crippen MR) is 71.6 cm³/mol. The normalized spacial score (nSPS) is 17.8. The third-order valence-electron chi connectivity index (χ3n) is 3.73. The molecule has 0 spiro atoms. The van der Waals surface area contributed by atoms with Crippen LogP contribution in [0.15, 0.2) is 18.2 Å². The summed E-state index contributed by atoms with van der Waals surface area (Å²) in [5.74, 6) is -1.49. The number of carbonyl (C=O) groups excluding carboxylic acids is 1. The summed E-state index contributed by atoms with van der Waals surface area (Å²) in [6.07, 6.45) is 5.03. The van der Waals surface area contributed by atoms with E-state index in [1.807, 2.05) is 0 Å². The van der Waals surface area contributed by atoms with E-state index in [2.05, 4.69) is 11.4 Å². The number of rotatable bonds is 2. The number of benzene rings is 1. The first kappa shape index (κ1) is 14.3. The fraction of sp³-hybridized carbons (Fsp3) is 0.467. The Hall–Kier alpha value is -2.09. The zero-order valence-electron chi connectivity index (χ0n) is 11.2. The van der Waals surface area contributed by atoms with Crippen molar-refractivity contribution in [3.05, 3.63) is 29.6 Å². The van der Waals surface area contributed by atoms with Gasteiger partial charge in [0, 0.05) is 0 Å². The minimum atomic E-state index is -0.910. The SMILES string of the molecule is N#CC1(NC(=O)c2cc(F)ccc2O)CCCCCC1. The van der Waals surface area contributed by atoms with E-state index >= 15 is 0 Å². The van der Waals surface area contributed by atoms with Gasteiger partial charge in [-0.1, -0.05) is 25.7 Å². The average molecular weight is 276 g/mol. The lowest BCUT2D eigenvalue weighted by molar-refractivity contribution is 0.0909. The van der Waals surface area contributed by atoms with Gasteiger partial charge in [-0.2, -0.15) is 5.26 Å². The Labute approximate surface area is 117 Å². The van der Waals surface area contributed by atoms with Crippen LogP contribution in [0.1, 0.15) is 48.9 Å². The molecule has 1 aliphatic carbocycles. The van der Waals surface area contributed by atoms with Gasteiger partial charge in [-0.3, -0.25) is 4.79 Å². The number of hydrogen-bond donors (Lipinski definition) is 2. The molecule has 106 valence electrons. The van der Waals surface area contributed by atoms with Crippen molar-refractivity contribution >= 4 is 5.91 Å². The van der Waals surface area contributed by atoms with Crippen LogP contribution in [0, 0.1) is 17.1 Å². The molecule has 5 heteroatoms. The summed E-state index contributed by atoms with van der Waals surface area (Å²) in [7, 11) is 0. The summed E-state index contributed by atoms with van der Waals surface area (Å²) in [6, 6.07) is 5.38. The molecule has 0 bridgehead atoms. The molecule has 0 heterocycles. The zero-order valence-corrected chi connectivity index (χ0v) is 11.2. The highest BCUT2D eigenvalue weighted by Crippen LogP contribution is 2.28. The minimum absolute atomic E-state index is 0.135. The van der Waals surface area contributed by atoms with Crippen molar-refractivity contribution in [2.24, 2.45) is 0 Å². The highest BCUT2D eigenvalue weighted by molar-refractivity contribution is 5.97. The smallest absolute Gasteiger partial charge is 0.256 e. The topological polar surface area (TPSA) is 73.1 Å². The number of nitrogens with one attached hydrogen (secondary N) is 1. The van der Waals surface area contributed by atoms with Crippen molar-refractivity contribution in [1.29, 1.82) is 5.26 Å². The van der Waals surface area contributed by atoms with E-state index in [0.29, 0.717) is 12.8 Å². The summed E-state index contributed by atoms with van der Waals surface area (Å²) in [6.45, 7) is 0. The first-order valence-corrected chi connectivity index (χ1v) is 6.79. The van der Waals surface area contributed by atoms with Crippen LogP contribution in [0.25, 0.3) is 0 Å². The summed E-state index contributed by atoms with van der Waals surface area (Å²) < 4.78 is 13.2. The Morgan fingerprint density at radius 2 is 1.95 bits per heavy atom. The van der Waals surface area contributed by atoms with Gasteiger partial charge in [-0.15, -0.1) is 0 Å². The van der Waals surface area contributed by atoms with Gasteiger partial charge in [0.25, 0.3) is 5.91 Å². The van der Waals surface area contributed by atoms with Crippen LogP contribution in [0.5, 0.6) is 5.75 Å². The number of aromatic hydroxyl groups is 1. The molecular weight excluding hydrogens is 259 g/mol. The molecule has 1 fully saturated rings. The molecule has 0 aromatic heterocycles. The highest BCUT2D eigenvalue weighted by Gasteiger charge is 2.33. The van der Waals surface area contributed by atoms with E-state index in [1.54, 1.807) is 0 Å². The van der Waals surface area contributed by atoms with Gasteiger partial charge >= 0.3 is 0 Å². The number of halogens is 1. The average Bonchev–Trinajstić information content (AvgIpc) is 2.67. The molecule has 2 N–H and O–H groups in total. The lowest BCUT2D eigenvalue weighted by Crippen LogP contribution is -2.47. The van der Waals surface area contributed by atoms with Crippen LogP contribution in [-0.4, -0.2) is 16.6 Å². The summed E-state index contributed by atoms with van der Waals surface area (Å²) in [4.78, 5) is 12.2. The van der Waals surface area contributed by atoms with Crippen LogP contribution < -0.4 is 5.32 Å². The van der Waals surface area contributed by atoms with Crippen molar-refractivity contribution in [3.63, 3.8) is 0 Å². The van der Waals surface area contributed by atoms with E-state index in [0.717, 1.165) is 43.9 Å². The first-order chi connectivity index (χ1) is 9.56. The Bertz CT molecular complexity index is 543. The maximum atomic E-state index is 13.2. The fourth-order valence-corrected chi connectivity index (χ4v) is 2.57. The van der Waals surface area contributed by atoms with Crippen molar-refractivity contribution in [2.75, 3.05) is 0 Å². The predicted octanol–water partition coefficient (Wildman–Crippen LogP) is 2.88. The lowest BCUT2D eigenvalue weighted by Gasteiger charge is -2.26. The summed E-state index contributed by atoms with van der Waals surface area (Å²) in [5, 5.41) is 21.7. The quantitative estimate of drug-likeness (QED) is 0.816. The molecule has 4 nitrogen and oxygen atoms in total. The van der Waals surface area contributed by atoms with Crippen LogP contribution in [0.3, 0.4) is 0 Å². The van der Waals surface area contributed by atoms with E-state index in [9.17, 15) is 19.6 Å². The number of phenolic OH excluding ortho intramolecular Hbond substituents is 1. The van der Waals surface area contributed by atoms with Gasteiger partial charge in [0.2, 0.25) is 0 Å². The van der Waals surface area contributed by atoms with Gasteiger partial charge in [0.1, 0.15) is 17.1 Å². The summed E-state index contributed by atoms with van der Waals surface area (Å²) in [5.41, 5.74) is -1.05. The molecule has 0 radical (unpaired) electrons. The summed E-state index contributed by atoms with van der Waals surface area (Å²) >= 11 is 0. The van der Waals surface area contributed by atoms with E-state index in [4.69, 9.17) is 0 Å². The largest absolute Gasteiger partial charge is 0.507 e. The molecule has 0 unspecified atom stereocenters. The molecule has 20 heavy (non-hydrogen) atoms. The minimum Gasteiger partial charge on any atom is -0.507 e. The molecule has 1 saturated carbocycles. The molecule has 2 rings (SSSR count). The number of nitriles is 1. The molecule has 1 aromatic rings. The van der Waals surface area contributed by atoms with Crippen molar-refractivity contribution < 1.29 is 14.3 Å². The third-order valence-corrected chi connectivity index (χ3v) is 3.73. The second-order valence-corrected chi connectivity index (χ2v) is 5.22. The van der Waals surface area contributed by atoms with Gasteiger partial charge < -0.3 is 10.4 Å². The van der Waals surface area contributed by atoms with Crippen molar-refractivity contribution in [2.45, 2.75) is 44.1 Å². The Morgan fingerprint density at radius 1 is 1.30 bits per heavy atom. The maximum Gasteiger partial charge on any atom is 0.256 e. The Morgan fingerprint density at radius 3 is 2.55 bits per heavy atom. The second kappa shape index (κ2) is 5.91. The molecule has 0 aliphatic heterocycles. The molecular formula is C15H17FN2O2. The monoisotopic (exact) mass is 276 g/mol. The van der Waals surface area contributed by atoms with Gasteiger partial charge in [0.15, 0.2) is 0 Å². The molecule has 1 aromatic carbocycles. The van der Waals surface area contributed by atoms with Crippen molar-refractivity contribution in [1.82, 2.24) is 5.32 Å². The van der Waals surface area contributed by atoms with Gasteiger partial charge in [0.05, 0.1) is 11.6 Å². The van der Waals surface area contributed by atoms with Crippen molar-refractivity contribution in [3.8, 4) is 11.8 Å². The number of phenols is 1. The van der Waals surface area contributed by atoms with E-state index in [1.165, 1.54) is 0 Å². The second-order valence-electron chi connectivity index (χ2n) is 5.22. The number of carbonyl (C=O) groups is 1. The van der Waals surface area contributed by atoms with E-state index in [-0.39, 0.29) is 11.3 Å². The molecule has 1 aliphatic rings. The van der Waals surface area contributed by atoms with Crippen LogP contribution in [0.2, 0.25) is 0 Å². The first-order valence-electron chi connectivity index (χ1n) is 6.79. The van der Waals surface area contributed by atoms with E-state index < -0.39 is 17.3 Å². The lowest BCUT2D eigenvalue weighted by atomic mass is 9.91. The van der Waals surface area contributed by atoms with Crippen LogP contribution in [-0.2, 0) is 0 Å². The van der Waals surface area contributed by atoms with Gasteiger partial charge in [-0.25, -0.2) is 4.39 Å². The Balaban J connectivity index is 2.21. The molecule has 0 atom stereocenters. The number of hydrogen-bond acceptors (Lipinski definition) is 3. The third kappa shape index (κ3) is 3.08. The fourth-order valence-electron chi connectivity index (χ4n) is 2.57. The highest BCUT2D eigenvalue weighted by atomic mass is 19.1. The van der Waals surface area contributed by atoms with Gasteiger partial charge in [-0.05, 0) is 31.0 Å². The molecule has 1 amide bonds. The Kier molecular flexibility index (Phi) is 4.23. The maximum absolute atomic E-state index is 13.2. The number of amides is 1. The standard InChI is InChI=1S/C15H17FN2O2/c16-11-5-6-13(19)12(9-11)14(20)18-15(10-17)7-3-1-2-4-8-15/h5-6,9,19H,1-4,7-8H2,(H,18,20). The van der Waals surface area contributed by atoms with Crippen LogP contribution in [0.4, 0.5) is 4.39 Å². The molecule has 0 saturated heterocycles. The zero-order chi connectivity index (χ0) is 14.6. The number of nitrogens with zero attached hydrogens (tertiary/aromatic N) is 1. The van der Waals surface area contributed by atoms with Crippen LogP contribution >= 0.6 is 0 Å².